The lowest BCUT2D eigenvalue weighted by molar-refractivity contribution is -0.115. The molecule has 0 saturated carbocycles. The van der Waals surface area contributed by atoms with E-state index in [0.717, 1.165) is 11.3 Å². The summed E-state index contributed by atoms with van der Waals surface area (Å²) in [7, 11) is 0. The highest BCUT2D eigenvalue weighted by Gasteiger charge is 2.15. The van der Waals surface area contributed by atoms with Gasteiger partial charge in [0.25, 0.3) is 0 Å². The maximum Gasteiger partial charge on any atom is 0.336 e. The first-order chi connectivity index (χ1) is 13.5. The molecule has 3 aromatic rings. The summed E-state index contributed by atoms with van der Waals surface area (Å²) in [6.45, 7) is 6.38. The second-order valence-corrected chi connectivity index (χ2v) is 6.79. The fourth-order valence-electron chi connectivity index (χ4n) is 2.50. The van der Waals surface area contributed by atoms with Gasteiger partial charge in [0.1, 0.15) is 5.82 Å². The topological polar surface area (TPSA) is 69.0 Å². The van der Waals surface area contributed by atoms with Crippen LogP contribution in [0.2, 0.25) is 0 Å². The van der Waals surface area contributed by atoms with Crippen molar-refractivity contribution in [3.8, 4) is 23.1 Å². The quantitative estimate of drug-likeness (QED) is 0.655. The number of hydrogen-bond acceptors (Lipinski definition) is 4. The number of rotatable bonds is 7. The zero-order chi connectivity index (χ0) is 20.1. The van der Waals surface area contributed by atoms with E-state index >= 15 is 0 Å². The summed E-state index contributed by atoms with van der Waals surface area (Å²) in [5, 5.41) is 7.27. The number of benzene rings is 2. The number of anilines is 1. The molecule has 3 rings (SSSR count). The molecular formula is C21H23FN4O2. The lowest BCUT2D eigenvalue weighted by Gasteiger charge is -2.08. The molecule has 0 aliphatic carbocycles. The summed E-state index contributed by atoms with van der Waals surface area (Å²) in [6, 6.07) is 13.6. The Morgan fingerprint density at radius 3 is 2.43 bits per heavy atom. The summed E-state index contributed by atoms with van der Waals surface area (Å²) < 4.78 is 20.6. The molecule has 0 spiro atoms. The third-order valence-corrected chi connectivity index (χ3v) is 3.95. The molecule has 0 aliphatic heterocycles. The normalized spacial score (nSPS) is 10.9. The van der Waals surface area contributed by atoms with Gasteiger partial charge in [-0.1, -0.05) is 20.8 Å². The molecule has 0 radical (unpaired) electrons. The fraction of sp³-hybridized carbons (Fsp3) is 0.286. The summed E-state index contributed by atoms with van der Waals surface area (Å²) in [5.74, 6) is 0.513. The molecule has 1 heterocycles. The van der Waals surface area contributed by atoms with Gasteiger partial charge in [-0.2, -0.15) is 4.98 Å². The molecule has 2 aromatic carbocycles. The van der Waals surface area contributed by atoms with Crippen LogP contribution in [0.15, 0.2) is 48.5 Å². The molecule has 1 amide bonds. The van der Waals surface area contributed by atoms with E-state index in [9.17, 15) is 9.18 Å². The molecule has 0 fully saturated rings. The first kappa shape index (κ1) is 19.5. The van der Waals surface area contributed by atoms with Crippen LogP contribution in [0.4, 0.5) is 10.1 Å². The molecule has 28 heavy (non-hydrogen) atoms. The van der Waals surface area contributed by atoms with E-state index in [-0.39, 0.29) is 17.7 Å². The summed E-state index contributed by atoms with van der Waals surface area (Å²) in [6.07, 6.45) is 0.413. The maximum atomic E-state index is 13.3. The van der Waals surface area contributed by atoms with E-state index in [1.54, 1.807) is 35.9 Å². The SMILES string of the molecule is CCC(=O)Nc1ccc(-n2nc(OCC(C)C)nc2-c2ccc(F)cc2)cc1. The Labute approximate surface area is 163 Å². The van der Waals surface area contributed by atoms with E-state index in [1.165, 1.54) is 12.1 Å². The smallest absolute Gasteiger partial charge is 0.336 e. The third-order valence-electron chi connectivity index (χ3n) is 3.95. The standard InChI is InChI=1S/C21H23FN4O2/c1-4-19(27)23-17-9-11-18(12-10-17)26-20(15-5-7-16(22)8-6-15)24-21(25-26)28-13-14(2)3/h5-12,14H,4,13H2,1-3H3,(H,23,27). The van der Waals surface area contributed by atoms with Crippen LogP contribution in [0.5, 0.6) is 6.01 Å². The average Bonchev–Trinajstić information content (AvgIpc) is 3.11. The summed E-state index contributed by atoms with van der Waals surface area (Å²) in [4.78, 5) is 16.0. The Balaban J connectivity index is 1.95. The Morgan fingerprint density at radius 2 is 1.82 bits per heavy atom. The van der Waals surface area contributed by atoms with Gasteiger partial charge in [-0.3, -0.25) is 4.79 Å². The summed E-state index contributed by atoms with van der Waals surface area (Å²) in [5.41, 5.74) is 2.17. The number of amides is 1. The highest BCUT2D eigenvalue weighted by atomic mass is 19.1. The highest BCUT2D eigenvalue weighted by Crippen LogP contribution is 2.25. The molecule has 0 unspecified atom stereocenters. The average molecular weight is 382 g/mol. The third kappa shape index (κ3) is 4.73. The van der Waals surface area contributed by atoms with Gasteiger partial charge >= 0.3 is 6.01 Å². The first-order valence-corrected chi connectivity index (χ1v) is 9.22. The van der Waals surface area contributed by atoms with Crippen molar-refractivity contribution in [3.05, 3.63) is 54.3 Å². The van der Waals surface area contributed by atoms with Gasteiger partial charge < -0.3 is 10.1 Å². The van der Waals surface area contributed by atoms with E-state index in [0.29, 0.717) is 30.5 Å². The van der Waals surface area contributed by atoms with Gasteiger partial charge in [-0.25, -0.2) is 9.07 Å². The predicted octanol–water partition coefficient (Wildman–Crippen LogP) is 4.46. The zero-order valence-electron chi connectivity index (χ0n) is 16.1. The van der Waals surface area contributed by atoms with Crippen LogP contribution in [-0.2, 0) is 4.79 Å². The molecular weight excluding hydrogens is 359 g/mol. The van der Waals surface area contributed by atoms with E-state index in [4.69, 9.17) is 4.74 Å². The predicted molar refractivity (Wildman–Crippen MR) is 106 cm³/mol. The molecule has 1 aromatic heterocycles. The van der Waals surface area contributed by atoms with Gasteiger partial charge in [0.05, 0.1) is 12.3 Å². The van der Waals surface area contributed by atoms with Gasteiger partial charge in [-0.15, -0.1) is 5.10 Å². The van der Waals surface area contributed by atoms with Gasteiger partial charge in [0.15, 0.2) is 5.82 Å². The van der Waals surface area contributed by atoms with Crippen molar-refractivity contribution in [2.24, 2.45) is 5.92 Å². The minimum atomic E-state index is -0.317. The molecule has 0 saturated heterocycles. The molecule has 7 heteroatoms. The van der Waals surface area contributed by atoms with Crippen molar-refractivity contribution in [2.45, 2.75) is 27.2 Å². The molecule has 0 bridgehead atoms. The van der Waals surface area contributed by atoms with Crippen molar-refractivity contribution >= 4 is 11.6 Å². The second kappa shape index (κ2) is 8.65. The van der Waals surface area contributed by atoms with Crippen LogP contribution in [0.3, 0.4) is 0 Å². The minimum Gasteiger partial charge on any atom is -0.462 e. The monoisotopic (exact) mass is 382 g/mol. The Kier molecular flexibility index (Phi) is 6.03. The molecule has 146 valence electrons. The van der Waals surface area contributed by atoms with Crippen molar-refractivity contribution in [1.82, 2.24) is 14.8 Å². The van der Waals surface area contributed by atoms with Crippen LogP contribution in [0.1, 0.15) is 27.2 Å². The van der Waals surface area contributed by atoms with E-state index in [1.807, 2.05) is 26.0 Å². The van der Waals surface area contributed by atoms with Crippen molar-refractivity contribution < 1.29 is 13.9 Å². The largest absolute Gasteiger partial charge is 0.462 e. The minimum absolute atomic E-state index is 0.0510. The number of halogens is 1. The molecule has 1 N–H and O–H groups in total. The van der Waals surface area contributed by atoms with Crippen LogP contribution in [-0.4, -0.2) is 27.3 Å². The number of hydrogen-bond donors (Lipinski definition) is 1. The number of nitrogens with zero attached hydrogens (tertiary/aromatic N) is 3. The Bertz CT molecular complexity index is 934. The van der Waals surface area contributed by atoms with Crippen molar-refractivity contribution in [2.75, 3.05) is 11.9 Å². The fourth-order valence-corrected chi connectivity index (χ4v) is 2.50. The van der Waals surface area contributed by atoms with Crippen molar-refractivity contribution in [1.29, 1.82) is 0 Å². The zero-order valence-corrected chi connectivity index (χ0v) is 16.1. The number of nitrogens with one attached hydrogen (secondary N) is 1. The number of aromatic nitrogens is 3. The van der Waals surface area contributed by atoms with Crippen molar-refractivity contribution in [3.63, 3.8) is 0 Å². The van der Waals surface area contributed by atoms with E-state index < -0.39 is 0 Å². The number of carbonyl (C=O) groups excluding carboxylic acids is 1. The van der Waals surface area contributed by atoms with Crippen LogP contribution in [0, 0.1) is 11.7 Å². The van der Waals surface area contributed by atoms with E-state index in [2.05, 4.69) is 15.4 Å². The Morgan fingerprint density at radius 1 is 1.14 bits per heavy atom. The lowest BCUT2D eigenvalue weighted by Crippen LogP contribution is -2.09. The Hall–Kier alpha value is -3.22. The highest BCUT2D eigenvalue weighted by molar-refractivity contribution is 5.90. The van der Waals surface area contributed by atoms with Gasteiger partial charge in [0, 0.05) is 17.7 Å². The number of ether oxygens (including phenoxy) is 1. The first-order valence-electron chi connectivity index (χ1n) is 9.22. The molecule has 0 atom stereocenters. The second-order valence-electron chi connectivity index (χ2n) is 6.79. The lowest BCUT2D eigenvalue weighted by atomic mass is 10.2. The van der Waals surface area contributed by atoms with Gasteiger partial charge in [0.2, 0.25) is 5.91 Å². The molecule has 6 nitrogen and oxygen atoms in total. The molecule has 0 aliphatic rings. The summed E-state index contributed by atoms with van der Waals surface area (Å²) >= 11 is 0. The maximum absolute atomic E-state index is 13.3. The van der Waals surface area contributed by atoms with Crippen LogP contribution < -0.4 is 10.1 Å². The number of carbonyl (C=O) groups is 1. The van der Waals surface area contributed by atoms with Gasteiger partial charge in [-0.05, 0) is 54.4 Å². The van der Waals surface area contributed by atoms with Crippen LogP contribution >= 0.6 is 0 Å². The van der Waals surface area contributed by atoms with Crippen LogP contribution in [0.25, 0.3) is 17.1 Å².